The number of pyridine rings is 1. The van der Waals surface area contributed by atoms with E-state index in [1.165, 1.54) is 6.42 Å². The molecule has 6 rings (SSSR count). The Kier molecular flexibility index (Phi) is 8.18. The number of halogens is 3. The van der Waals surface area contributed by atoms with E-state index in [9.17, 15) is 0 Å². The quantitative estimate of drug-likeness (QED) is 0.221. The second-order valence-corrected chi connectivity index (χ2v) is 13.3. The van der Waals surface area contributed by atoms with Gasteiger partial charge in [-0.1, -0.05) is 60.8 Å². The lowest BCUT2D eigenvalue weighted by molar-refractivity contribution is 0.357. The third kappa shape index (κ3) is 5.28. The fourth-order valence-corrected chi connectivity index (χ4v) is 7.85. The van der Waals surface area contributed by atoms with E-state index in [-0.39, 0.29) is 12.1 Å². The molecule has 2 saturated heterocycles. The zero-order valence-corrected chi connectivity index (χ0v) is 27.2. The minimum Gasteiger partial charge on any atom is -0.370 e. The van der Waals surface area contributed by atoms with Crippen LogP contribution in [0.1, 0.15) is 55.0 Å². The van der Waals surface area contributed by atoms with E-state index in [2.05, 4.69) is 71.6 Å². The number of anilines is 2. The Bertz CT molecular complexity index is 1630. The molecule has 2 fully saturated rings. The highest BCUT2D eigenvalue weighted by Gasteiger charge is 2.42. The highest BCUT2D eigenvalue weighted by Crippen LogP contribution is 2.46. The molecule has 0 unspecified atom stereocenters. The van der Waals surface area contributed by atoms with Crippen molar-refractivity contribution in [1.29, 1.82) is 0 Å². The van der Waals surface area contributed by atoms with Gasteiger partial charge in [-0.2, -0.15) is 0 Å². The number of piperidine rings is 1. The molecule has 4 heterocycles. The topological polar surface area (TPSA) is 36.3 Å². The molecule has 9 heteroatoms. The van der Waals surface area contributed by atoms with Crippen LogP contribution < -0.4 is 15.1 Å². The van der Waals surface area contributed by atoms with Gasteiger partial charge in [0.15, 0.2) is 5.11 Å². The molecule has 218 valence electrons. The number of thiocarbonyl (C=S) groups is 1. The van der Waals surface area contributed by atoms with Crippen LogP contribution >= 0.6 is 47.0 Å². The molecule has 0 spiro atoms. The van der Waals surface area contributed by atoms with Crippen LogP contribution in [0, 0.1) is 25.7 Å². The number of hydrogen-bond donors (Lipinski definition) is 1. The first-order valence-electron chi connectivity index (χ1n) is 14.3. The Morgan fingerprint density at radius 3 is 2.33 bits per heavy atom. The normalized spacial score (nSPS) is 22.5. The van der Waals surface area contributed by atoms with Gasteiger partial charge in [0.25, 0.3) is 0 Å². The monoisotopic (exact) mass is 637 g/mol. The zero-order chi connectivity index (χ0) is 29.7. The highest BCUT2D eigenvalue weighted by atomic mass is 35.5. The molecule has 4 atom stereocenters. The lowest BCUT2D eigenvalue weighted by atomic mass is 9.91. The van der Waals surface area contributed by atoms with Crippen LogP contribution in [-0.2, 0) is 0 Å². The highest BCUT2D eigenvalue weighted by molar-refractivity contribution is 7.80. The van der Waals surface area contributed by atoms with Crippen LogP contribution in [0.3, 0.4) is 0 Å². The summed E-state index contributed by atoms with van der Waals surface area (Å²) in [6.45, 7) is 10.8. The molecule has 0 amide bonds. The Morgan fingerprint density at radius 1 is 0.881 bits per heavy atom. The van der Waals surface area contributed by atoms with Crippen molar-refractivity contribution in [3.8, 4) is 5.69 Å². The smallest absolute Gasteiger partial charge is 0.174 e. The Morgan fingerprint density at radius 2 is 1.64 bits per heavy atom. The molecule has 0 bridgehead atoms. The summed E-state index contributed by atoms with van der Waals surface area (Å²) >= 11 is 26.2. The van der Waals surface area contributed by atoms with Crippen molar-refractivity contribution >= 4 is 63.5 Å². The van der Waals surface area contributed by atoms with Crippen molar-refractivity contribution in [1.82, 2.24) is 14.9 Å². The molecule has 2 aromatic carbocycles. The van der Waals surface area contributed by atoms with Crippen LogP contribution in [0.15, 0.2) is 66.9 Å². The SMILES string of the molecule is Cc1cc([C@H]2[C@@H](c3ccccn3)NC(=S)N2c2ccc(N3C[C@H](C)C[C@H](C)C3)c(Cl)c2)c(C)n1-c1cccc(Cl)c1Cl. The first kappa shape index (κ1) is 29.3. The van der Waals surface area contributed by atoms with Gasteiger partial charge in [-0.15, -0.1) is 0 Å². The van der Waals surface area contributed by atoms with Gasteiger partial charge in [0.2, 0.25) is 0 Å². The summed E-state index contributed by atoms with van der Waals surface area (Å²) in [5.74, 6) is 1.26. The Labute approximate surface area is 268 Å². The summed E-state index contributed by atoms with van der Waals surface area (Å²) in [6.07, 6.45) is 3.07. The molecule has 2 aromatic heterocycles. The number of aromatic nitrogens is 2. The van der Waals surface area contributed by atoms with Crippen molar-refractivity contribution < 1.29 is 0 Å². The summed E-state index contributed by atoms with van der Waals surface area (Å²) < 4.78 is 2.16. The van der Waals surface area contributed by atoms with E-state index >= 15 is 0 Å². The van der Waals surface area contributed by atoms with Crippen LogP contribution in [-0.4, -0.2) is 27.8 Å². The van der Waals surface area contributed by atoms with E-state index in [4.69, 9.17) is 52.0 Å². The largest absolute Gasteiger partial charge is 0.370 e. The van der Waals surface area contributed by atoms with Gasteiger partial charge >= 0.3 is 0 Å². The molecule has 1 N–H and O–H groups in total. The van der Waals surface area contributed by atoms with Gasteiger partial charge in [0.1, 0.15) is 0 Å². The number of aryl methyl sites for hydroxylation is 1. The summed E-state index contributed by atoms with van der Waals surface area (Å²) in [7, 11) is 0. The molecule has 2 aliphatic rings. The molecule has 5 nitrogen and oxygen atoms in total. The number of rotatable bonds is 5. The summed E-state index contributed by atoms with van der Waals surface area (Å²) in [5.41, 5.74) is 6.99. The van der Waals surface area contributed by atoms with Gasteiger partial charge in [0.05, 0.1) is 44.2 Å². The van der Waals surface area contributed by atoms with Gasteiger partial charge < -0.3 is 19.7 Å². The number of nitrogens with one attached hydrogen (secondary N) is 1. The third-order valence-corrected chi connectivity index (χ3v) is 9.90. The summed E-state index contributed by atoms with van der Waals surface area (Å²) in [6, 6.07) is 19.9. The second kappa shape index (κ2) is 11.7. The van der Waals surface area contributed by atoms with E-state index in [1.54, 1.807) is 6.07 Å². The zero-order valence-electron chi connectivity index (χ0n) is 24.1. The second-order valence-electron chi connectivity index (χ2n) is 11.7. The van der Waals surface area contributed by atoms with E-state index in [0.717, 1.165) is 57.8 Å². The van der Waals surface area contributed by atoms with Crippen LogP contribution in [0.25, 0.3) is 5.69 Å². The number of benzene rings is 2. The maximum atomic E-state index is 7.03. The lowest BCUT2D eigenvalue weighted by Crippen LogP contribution is -2.38. The summed E-state index contributed by atoms with van der Waals surface area (Å²) in [5, 5.41) is 5.98. The van der Waals surface area contributed by atoms with Gasteiger partial charge in [-0.3, -0.25) is 4.98 Å². The average molecular weight is 639 g/mol. The molecule has 0 aliphatic carbocycles. The minimum atomic E-state index is -0.178. The molecular weight excluding hydrogens is 605 g/mol. The average Bonchev–Trinajstić information content (AvgIpc) is 3.45. The van der Waals surface area contributed by atoms with Gasteiger partial charge in [0, 0.05) is 36.4 Å². The first-order chi connectivity index (χ1) is 20.1. The van der Waals surface area contributed by atoms with Crippen molar-refractivity contribution in [2.45, 2.75) is 46.2 Å². The molecule has 2 aliphatic heterocycles. The number of nitrogens with zero attached hydrogens (tertiary/aromatic N) is 4. The molecule has 42 heavy (non-hydrogen) atoms. The van der Waals surface area contributed by atoms with Crippen molar-refractivity contribution in [3.05, 3.63) is 105 Å². The van der Waals surface area contributed by atoms with Crippen molar-refractivity contribution in [2.75, 3.05) is 22.9 Å². The summed E-state index contributed by atoms with van der Waals surface area (Å²) in [4.78, 5) is 9.32. The van der Waals surface area contributed by atoms with Crippen molar-refractivity contribution in [2.24, 2.45) is 11.8 Å². The minimum absolute atomic E-state index is 0.176. The molecule has 4 aromatic rings. The maximum absolute atomic E-state index is 7.03. The third-order valence-electron chi connectivity index (χ3n) is 8.48. The van der Waals surface area contributed by atoms with Crippen LogP contribution in [0.4, 0.5) is 11.4 Å². The molecule has 0 saturated carbocycles. The predicted molar refractivity (Wildman–Crippen MR) is 180 cm³/mol. The Hall–Kier alpha value is -2.77. The molecule has 0 radical (unpaired) electrons. The van der Waals surface area contributed by atoms with E-state index in [1.807, 2.05) is 36.5 Å². The standard InChI is InChI=1S/C33H34Cl3N5S/c1-19-14-20(2)18-39(17-19)28-12-11-23(16-26(28)35)41-32(31(38-33(41)42)27-9-5-6-13-37-27)24-15-21(3)40(22(24)4)29-10-7-8-25(34)30(29)36/h5-13,15-16,19-20,31-32H,14,17-18H2,1-4H3,(H,38,42)/t19-,20+,31-,32+/m1/s1. The van der Waals surface area contributed by atoms with Crippen LogP contribution in [0.2, 0.25) is 15.1 Å². The van der Waals surface area contributed by atoms with E-state index in [0.29, 0.717) is 27.0 Å². The van der Waals surface area contributed by atoms with E-state index < -0.39 is 0 Å². The van der Waals surface area contributed by atoms with Gasteiger partial charge in [-0.05, 0) is 98.4 Å². The predicted octanol–water partition coefficient (Wildman–Crippen LogP) is 9.11. The fourth-order valence-electron chi connectivity index (χ4n) is 6.83. The first-order valence-corrected chi connectivity index (χ1v) is 15.9. The lowest BCUT2D eigenvalue weighted by Gasteiger charge is -2.37. The van der Waals surface area contributed by atoms with Gasteiger partial charge in [-0.25, -0.2) is 0 Å². The fraction of sp³-hybridized carbons (Fsp3) is 0.333. The maximum Gasteiger partial charge on any atom is 0.174 e. The molecular formula is C33H34Cl3N5S. The van der Waals surface area contributed by atoms with Crippen molar-refractivity contribution in [3.63, 3.8) is 0 Å². The number of hydrogen-bond acceptors (Lipinski definition) is 3. The Balaban J connectivity index is 1.45. The van der Waals surface area contributed by atoms with Crippen LogP contribution in [0.5, 0.6) is 0 Å².